The Kier molecular flexibility index (Phi) is 8.84. The number of ether oxygens (including phenoxy) is 1. The molecule has 2 N–H and O–H groups in total. The van der Waals surface area contributed by atoms with E-state index in [0.717, 1.165) is 15.6 Å². The highest BCUT2D eigenvalue weighted by Gasteiger charge is 2.35. The molecule has 198 valence electrons. The van der Waals surface area contributed by atoms with Gasteiger partial charge in [-0.1, -0.05) is 54.0 Å². The predicted octanol–water partition coefficient (Wildman–Crippen LogP) is 5.57. The maximum atomic E-state index is 12.7. The minimum absolute atomic E-state index is 0.0933. The van der Waals surface area contributed by atoms with Crippen LogP contribution in [0.25, 0.3) is 0 Å². The molecule has 3 aromatic carbocycles. The smallest absolute Gasteiger partial charge is 0.262 e. The van der Waals surface area contributed by atoms with Crippen molar-refractivity contribution in [3.05, 3.63) is 87.9 Å². The summed E-state index contributed by atoms with van der Waals surface area (Å²) >= 11 is 3.44. The van der Waals surface area contributed by atoms with Gasteiger partial charge in [-0.3, -0.25) is 14.4 Å². The quantitative estimate of drug-likeness (QED) is 0.348. The first-order valence-corrected chi connectivity index (χ1v) is 13.4. The monoisotopic (exact) mass is 577 g/mol. The van der Waals surface area contributed by atoms with E-state index >= 15 is 0 Å². The standard InChI is InChI=1S/C30H32BrN3O4/c1-19(2)22-6-4-21(5-7-22)16-32-30(37)23-15-29(36)34(17-23)25-9-11-26(12-10-25)38-18-28(35)33-24-8-13-27(31)20(3)14-24/h4-14,19,23H,15-18H2,1-3H3,(H,32,37)(H,33,35)/t23-/m1/s1. The molecule has 3 amide bonds. The maximum absolute atomic E-state index is 12.7. The Bertz CT molecular complexity index is 1310. The SMILES string of the molecule is Cc1cc(NC(=O)COc2ccc(N3C[C@H](C(=O)NCc4ccc(C(C)C)cc4)CC3=O)cc2)ccc1Br. The second-order valence-corrected chi connectivity index (χ2v) is 10.7. The molecule has 38 heavy (non-hydrogen) atoms. The lowest BCUT2D eigenvalue weighted by atomic mass is 10.0. The molecule has 3 aromatic rings. The highest BCUT2D eigenvalue weighted by Crippen LogP contribution is 2.27. The molecular formula is C30H32BrN3O4. The topological polar surface area (TPSA) is 87.7 Å². The zero-order valence-electron chi connectivity index (χ0n) is 21.8. The number of halogens is 1. The first kappa shape index (κ1) is 27.4. The lowest BCUT2D eigenvalue weighted by Gasteiger charge is -2.17. The van der Waals surface area contributed by atoms with Crippen molar-refractivity contribution < 1.29 is 19.1 Å². The number of anilines is 2. The minimum Gasteiger partial charge on any atom is -0.484 e. The van der Waals surface area contributed by atoms with Gasteiger partial charge in [0.1, 0.15) is 5.75 Å². The van der Waals surface area contributed by atoms with Crippen LogP contribution in [0.3, 0.4) is 0 Å². The fraction of sp³-hybridized carbons (Fsp3) is 0.300. The van der Waals surface area contributed by atoms with Gasteiger partial charge in [0.2, 0.25) is 11.8 Å². The van der Waals surface area contributed by atoms with E-state index in [1.807, 2.05) is 37.3 Å². The van der Waals surface area contributed by atoms with Gasteiger partial charge in [0.15, 0.2) is 6.61 Å². The van der Waals surface area contributed by atoms with Crippen LogP contribution in [0.15, 0.2) is 71.2 Å². The van der Waals surface area contributed by atoms with Crippen LogP contribution in [0.2, 0.25) is 0 Å². The van der Waals surface area contributed by atoms with Crippen molar-refractivity contribution in [2.45, 2.75) is 39.7 Å². The molecule has 7 nitrogen and oxygen atoms in total. The van der Waals surface area contributed by atoms with Crippen molar-refractivity contribution in [2.24, 2.45) is 5.92 Å². The second-order valence-electron chi connectivity index (χ2n) is 9.81. The summed E-state index contributed by atoms with van der Waals surface area (Å²) in [6, 6.07) is 20.7. The van der Waals surface area contributed by atoms with Gasteiger partial charge < -0.3 is 20.3 Å². The van der Waals surface area contributed by atoms with Crippen LogP contribution < -0.4 is 20.3 Å². The van der Waals surface area contributed by atoms with E-state index in [1.54, 1.807) is 29.2 Å². The predicted molar refractivity (Wildman–Crippen MR) is 152 cm³/mol. The normalized spacial score (nSPS) is 15.0. The number of aryl methyl sites for hydroxylation is 1. The molecule has 4 rings (SSSR count). The van der Waals surface area contributed by atoms with E-state index in [0.29, 0.717) is 36.1 Å². The van der Waals surface area contributed by atoms with Gasteiger partial charge in [-0.2, -0.15) is 0 Å². The van der Waals surface area contributed by atoms with E-state index in [9.17, 15) is 14.4 Å². The number of nitrogens with one attached hydrogen (secondary N) is 2. The van der Waals surface area contributed by atoms with E-state index in [2.05, 4.69) is 52.5 Å². The molecule has 1 aliphatic rings. The molecule has 0 bridgehead atoms. The van der Waals surface area contributed by atoms with Gasteiger partial charge in [-0.15, -0.1) is 0 Å². The van der Waals surface area contributed by atoms with Crippen LogP contribution in [0.5, 0.6) is 5.75 Å². The van der Waals surface area contributed by atoms with Gasteiger partial charge in [-0.25, -0.2) is 0 Å². The fourth-order valence-electron chi connectivity index (χ4n) is 4.28. The Balaban J connectivity index is 1.25. The molecule has 0 aromatic heterocycles. The molecule has 1 atom stereocenters. The summed E-state index contributed by atoms with van der Waals surface area (Å²) < 4.78 is 6.58. The molecule has 1 saturated heterocycles. The van der Waals surface area contributed by atoms with Crippen LogP contribution in [0, 0.1) is 12.8 Å². The number of hydrogen-bond acceptors (Lipinski definition) is 4. The molecule has 1 aliphatic heterocycles. The number of carbonyl (C=O) groups excluding carboxylic acids is 3. The van der Waals surface area contributed by atoms with Gasteiger partial charge in [-0.05, 0) is 72.0 Å². The molecule has 1 heterocycles. The molecule has 8 heteroatoms. The van der Waals surface area contributed by atoms with E-state index < -0.39 is 5.92 Å². The average molecular weight is 579 g/mol. The van der Waals surface area contributed by atoms with Crippen LogP contribution in [0.1, 0.15) is 42.9 Å². The van der Waals surface area contributed by atoms with E-state index in [4.69, 9.17) is 4.74 Å². The van der Waals surface area contributed by atoms with Gasteiger partial charge in [0.05, 0.1) is 5.92 Å². The van der Waals surface area contributed by atoms with E-state index in [1.165, 1.54) is 5.56 Å². The van der Waals surface area contributed by atoms with Crippen molar-refractivity contribution in [3.8, 4) is 5.75 Å². The van der Waals surface area contributed by atoms with Crippen molar-refractivity contribution >= 4 is 45.0 Å². The maximum Gasteiger partial charge on any atom is 0.262 e. The summed E-state index contributed by atoms with van der Waals surface area (Å²) in [5.41, 5.74) is 4.70. The van der Waals surface area contributed by atoms with Crippen LogP contribution in [0.4, 0.5) is 11.4 Å². The van der Waals surface area contributed by atoms with Crippen molar-refractivity contribution in [2.75, 3.05) is 23.4 Å². The first-order valence-electron chi connectivity index (χ1n) is 12.7. The summed E-state index contributed by atoms with van der Waals surface area (Å²) in [5, 5.41) is 5.77. The zero-order valence-corrected chi connectivity index (χ0v) is 23.4. The Labute approximate surface area is 231 Å². The lowest BCUT2D eigenvalue weighted by molar-refractivity contribution is -0.126. The third kappa shape index (κ3) is 7.01. The number of rotatable bonds is 9. The lowest BCUT2D eigenvalue weighted by Crippen LogP contribution is -2.32. The molecule has 0 radical (unpaired) electrons. The molecule has 0 saturated carbocycles. The third-order valence-electron chi connectivity index (χ3n) is 6.57. The Morgan fingerprint density at radius 1 is 1.05 bits per heavy atom. The third-order valence-corrected chi connectivity index (χ3v) is 7.46. The number of benzene rings is 3. The van der Waals surface area contributed by atoms with Crippen LogP contribution in [-0.2, 0) is 20.9 Å². The Morgan fingerprint density at radius 3 is 2.42 bits per heavy atom. The van der Waals surface area contributed by atoms with Crippen molar-refractivity contribution in [1.29, 1.82) is 0 Å². The molecule has 0 aliphatic carbocycles. The summed E-state index contributed by atoms with van der Waals surface area (Å²) in [6.07, 6.45) is 0.173. The largest absolute Gasteiger partial charge is 0.484 e. The number of nitrogens with zero attached hydrogens (tertiary/aromatic N) is 1. The van der Waals surface area contributed by atoms with Gasteiger partial charge in [0, 0.05) is 35.4 Å². The average Bonchev–Trinajstić information content (AvgIpc) is 3.30. The fourth-order valence-corrected chi connectivity index (χ4v) is 4.52. The van der Waals surface area contributed by atoms with Crippen LogP contribution in [-0.4, -0.2) is 30.9 Å². The highest BCUT2D eigenvalue weighted by molar-refractivity contribution is 9.10. The molecule has 0 spiro atoms. The van der Waals surface area contributed by atoms with Crippen LogP contribution >= 0.6 is 15.9 Å². The van der Waals surface area contributed by atoms with E-state index in [-0.39, 0.29) is 30.7 Å². The van der Waals surface area contributed by atoms with Crippen molar-refractivity contribution in [3.63, 3.8) is 0 Å². The summed E-state index contributed by atoms with van der Waals surface area (Å²) in [6.45, 7) is 6.86. The summed E-state index contributed by atoms with van der Waals surface area (Å²) in [7, 11) is 0. The second kappa shape index (κ2) is 12.3. The molecule has 0 unspecified atom stereocenters. The Morgan fingerprint density at radius 2 is 1.76 bits per heavy atom. The van der Waals surface area contributed by atoms with Gasteiger partial charge >= 0.3 is 0 Å². The zero-order chi connectivity index (χ0) is 27.2. The Hall–Kier alpha value is -3.65. The highest BCUT2D eigenvalue weighted by atomic mass is 79.9. The number of amides is 3. The molecular weight excluding hydrogens is 546 g/mol. The van der Waals surface area contributed by atoms with Gasteiger partial charge in [0.25, 0.3) is 5.91 Å². The summed E-state index contributed by atoms with van der Waals surface area (Å²) in [5.74, 6) is 0.0844. The minimum atomic E-state index is -0.403. The molecule has 1 fully saturated rings. The van der Waals surface area contributed by atoms with Crippen molar-refractivity contribution in [1.82, 2.24) is 5.32 Å². The first-order chi connectivity index (χ1) is 18.2. The number of hydrogen-bond donors (Lipinski definition) is 2. The summed E-state index contributed by atoms with van der Waals surface area (Å²) in [4.78, 5) is 39.2. The number of carbonyl (C=O) groups is 3.